The number of rotatable bonds is 8. The lowest BCUT2D eigenvalue weighted by atomic mass is 9.42. The molecule has 0 spiro atoms. The SMILES string of the molecule is CCCCc1ccc(N2c3ccc(CCCC)cc3B3c4c2cc2c(c4-c4ccc5c(c4N3c3ccccc3)C(C)(C)c3ccccc3-5)-c3ccccc3C2(C)C)cc1. The van der Waals surface area contributed by atoms with Crippen LogP contribution < -0.4 is 20.6 Å². The summed E-state index contributed by atoms with van der Waals surface area (Å²) in [6, 6.07) is 54.2. The van der Waals surface area contributed by atoms with Crippen LogP contribution in [-0.4, -0.2) is 6.85 Å². The van der Waals surface area contributed by atoms with Gasteiger partial charge in [-0.25, -0.2) is 0 Å². The van der Waals surface area contributed by atoms with Crippen molar-refractivity contribution in [3.8, 4) is 33.4 Å². The lowest BCUT2D eigenvalue weighted by Gasteiger charge is -2.48. The summed E-state index contributed by atoms with van der Waals surface area (Å²) >= 11 is 0. The van der Waals surface area contributed by atoms with Gasteiger partial charge >= 0.3 is 6.85 Å². The molecule has 0 amide bonds. The third-order valence-corrected chi connectivity index (χ3v) is 14.4. The Balaban J connectivity index is 1.30. The van der Waals surface area contributed by atoms with Crippen LogP contribution >= 0.6 is 0 Å². The summed E-state index contributed by atoms with van der Waals surface area (Å²) in [4.78, 5) is 5.39. The first-order valence-corrected chi connectivity index (χ1v) is 22.2. The van der Waals surface area contributed by atoms with Gasteiger partial charge in [0, 0.05) is 44.8 Å². The molecular formula is C56H53BN2. The van der Waals surface area contributed by atoms with Crippen LogP contribution in [0.5, 0.6) is 0 Å². The Morgan fingerprint density at radius 2 is 1.12 bits per heavy atom. The van der Waals surface area contributed by atoms with Gasteiger partial charge in [0.25, 0.3) is 0 Å². The molecule has 0 N–H and O–H groups in total. The van der Waals surface area contributed by atoms with Crippen LogP contribution in [0.25, 0.3) is 33.4 Å². The molecule has 11 rings (SSSR count). The van der Waals surface area contributed by atoms with Crippen LogP contribution in [0.4, 0.5) is 28.4 Å². The highest BCUT2D eigenvalue weighted by molar-refractivity contribution is 6.94. The topological polar surface area (TPSA) is 6.48 Å². The average molecular weight is 765 g/mol. The highest BCUT2D eigenvalue weighted by atomic mass is 15.2. The summed E-state index contributed by atoms with van der Waals surface area (Å²) in [5.41, 5.74) is 25.6. The number of fused-ring (bicyclic) bond motifs is 12. The van der Waals surface area contributed by atoms with Crippen LogP contribution in [-0.2, 0) is 23.7 Å². The third kappa shape index (κ3) is 5.13. The van der Waals surface area contributed by atoms with Crippen LogP contribution in [0.3, 0.4) is 0 Å². The molecule has 0 bridgehead atoms. The minimum absolute atomic E-state index is 0.0428. The molecule has 7 aromatic rings. The molecule has 2 heterocycles. The van der Waals surface area contributed by atoms with E-state index >= 15 is 0 Å². The fraction of sp³-hybridized carbons (Fsp3) is 0.250. The molecule has 3 heteroatoms. The van der Waals surface area contributed by atoms with Crippen LogP contribution in [0.15, 0.2) is 140 Å². The fourth-order valence-corrected chi connectivity index (χ4v) is 11.5. The monoisotopic (exact) mass is 764 g/mol. The molecule has 2 aliphatic carbocycles. The van der Waals surface area contributed by atoms with E-state index in [1.54, 1.807) is 0 Å². The van der Waals surface area contributed by atoms with E-state index in [1.807, 2.05) is 0 Å². The molecule has 0 aromatic heterocycles. The quantitative estimate of drug-likeness (QED) is 0.142. The number of hydrogen-bond donors (Lipinski definition) is 0. The zero-order valence-electron chi connectivity index (χ0n) is 35.5. The molecule has 2 aliphatic heterocycles. The van der Waals surface area contributed by atoms with Crippen molar-refractivity contribution in [2.24, 2.45) is 0 Å². The first-order valence-electron chi connectivity index (χ1n) is 22.2. The average Bonchev–Trinajstić information content (AvgIpc) is 3.64. The van der Waals surface area contributed by atoms with Gasteiger partial charge in [0.1, 0.15) is 0 Å². The van der Waals surface area contributed by atoms with Crippen molar-refractivity contribution in [1.29, 1.82) is 0 Å². The first-order chi connectivity index (χ1) is 28.7. The van der Waals surface area contributed by atoms with E-state index in [0.29, 0.717) is 0 Å². The van der Waals surface area contributed by atoms with Crippen molar-refractivity contribution in [2.75, 3.05) is 9.71 Å². The van der Waals surface area contributed by atoms with E-state index in [-0.39, 0.29) is 17.7 Å². The second-order valence-corrected chi connectivity index (χ2v) is 18.5. The predicted molar refractivity (Wildman–Crippen MR) is 253 cm³/mol. The van der Waals surface area contributed by atoms with E-state index in [0.717, 1.165) is 12.8 Å². The number of para-hydroxylation sites is 1. The summed E-state index contributed by atoms with van der Waals surface area (Å²) in [6.45, 7) is 14.4. The number of aryl methyl sites for hydroxylation is 2. The lowest BCUT2D eigenvalue weighted by Crippen LogP contribution is -2.62. The first kappa shape index (κ1) is 36.3. The normalized spacial score (nSPS) is 15.5. The smallest absolute Gasteiger partial charge is 0.333 e. The minimum Gasteiger partial charge on any atom is -0.376 e. The molecule has 0 unspecified atom stereocenters. The Labute approximate surface area is 351 Å². The van der Waals surface area contributed by atoms with Crippen molar-refractivity contribution >= 4 is 46.2 Å². The second kappa shape index (κ2) is 13.4. The number of hydrogen-bond acceptors (Lipinski definition) is 2. The van der Waals surface area contributed by atoms with Gasteiger partial charge in [0.2, 0.25) is 0 Å². The van der Waals surface area contributed by atoms with Gasteiger partial charge in [-0.05, 0) is 134 Å². The van der Waals surface area contributed by atoms with E-state index in [4.69, 9.17) is 0 Å². The Morgan fingerprint density at radius 1 is 0.492 bits per heavy atom. The summed E-state index contributed by atoms with van der Waals surface area (Å²) < 4.78 is 0. The van der Waals surface area contributed by atoms with Crippen molar-refractivity contribution < 1.29 is 0 Å². The van der Waals surface area contributed by atoms with Gasteiger partial charge in [0.15, 0.2) is 0 Å². The summed E-state index contributed by atoms with van der Waals surface area (Å²) in [5, 5.41) is 0. The Hall–Kier alpha value is -5.80. The van der Waals surface area contributed by atoms with Gasteiger partial charge in [-0.15, -0.1) is 0 Å². The van der Waals surface area contributed by atoms with E-state index in [1.165, 1.54) is 132 Å². The van der Waals surface area contributed by atoms with Crippen LogP contribution in [0.1, 0.15) is 101 Å². The maximum absolute atomic E-state index is 2.76. The summed E-state index contributed by atoms with van der Waals surface area (Å²) in [5.74, 6) is 0. The van der Waals surface area contributed by atoms with Crippen molar-refractivity contribution in [3.63, 3.8) is 0 Å². The third-order valence-electron chi connectivity index (χ3n) is 14.4. The standard InChI is InChI=1S/C56H53BN2/c1-7-9-18-36-26-29-38(30-27-36)58-48-33-28-37(19-10-8-2)34-47(48)57-53-49(58)35-46-50(42-23-15-17-25-45(42)55(46,3)4)51(53)43-32-31-41-40-22-14-16-24-44(40)56(5,6)52(41)54(43)59(57)39-20-12-11-13-21-39/h11-17,20-35H,7-10,18-19H2,1-6H3. The number of benzene rings is 7. The highest BCUT2D eigenvalue weighted by Gasteiger charge is 2.52. The molecule has 290 valence electrons. The van der Waals surface area contributed by atoms with Crippen molar-refractivity contribution in [2.45, 2.75) is 90.9 Å². The van der Waals surface area contributed by atoms with Gasteiger partial charge in [-0.2, -0.15) is 0 Å². The number of anilines is 5. The predicted octanol–water partition coefficient (Wildman–Crippen LogP) is 13.7. The lowest BCUT2D eigenvalue weighted by molar-refractivity contribution is 0.660. The Kier molecular flexibility index (Phi) is 8.22. The Bertz CT molecular complexity index is 2810. The van der Waals surface area contributed by atoms with Gasteiger partial charge in [-0.3, -0.25) is 0 Å². The molecular weight excluding hydrogens is 711 g/mol. The molecule has 7 aromatic carbocycles. The number of unbranched alkanes of at least 4 members (excludes halogenated alkanes) is 2. The molecule has 4 aliphatic rings. The van der Waals surface area contributed by atoms with Gasteiger partial charge in [-0.1, -0.05) is 158 Å². The zero-order valence-corrected chi connectivity index (χ0v) is 35.5. The fourth-order valence-electron chi connectivity index (χ4n) is 11.5. The molecule has 0 fully saturated rings. The van der Waals surface area contributed by atoms with Crippen LogP contribution in [0.2, 0.25) is 0 Å². The zero-order chi connectivity index (χ0) is 40.2. The maximum atomic E-state index is 2.76. The molecule has 0 radical (unpaired) electrons. The molecule has 59 heavy (non-hydrogen) atoms. The van der Waals surface area contributed by atoms with Gasteiger partial charge in [0.05, 0.1) is 0 Å². The van der Waals surface area contributed by atoms with E-state index < -0.39 is 0 Å². The second-order valence-electron chi connectivity index (χ2n) is 18.5. The Morgan fingerprint density at radius 3 is 1.85 bits per heavy atom. The molecule has 2 nitrogen and oxygen atoms in total. The molecule has 0 saturated heterocycles. The summed E-state index contributed by atoms with van der Waals surface area (Å²) in [7, 11) is 0. The highest BCUT2D eigenvalue weighted by Crippen LogP contribution is 2.61. The van der Waals surface area contributed by atoms with E-state index in [9.17, 15) is 0 Å². The maximum Gasteiger partial charge on any atom is 0.333 e. The van der Waals surface area contributed by atoms with Crippen molar-refractivity contribution in [1.82, 2.24) is 0 Å². The largest absolute Gasteiger partial charge is 0.376 e. The minimum atomic E-state index is -0.203. The van der Waals surface area contributed by atoms with E-state index in [2.05, 4.69) is 191 Å². The summed E-state index contributed by atoms with van der Waals surface area (Å²) in [6.07, 6.45) is 6.96. The van der Waals surface area contributed by atoms with Gasteiger partial charge < -0.3 is 9.71 Å². The molecule has 0 atom stereocenters. The number of nitrogens with zero attached hydrogens (tertiary/aromatic N) is 2. The molecule has 0 saturated carbocycles. The van der Waals surface area contributed by atoms with Crippen molar-refractivity contribution in [3.05, 3.63) is 173 Å². The van der Waals surface area contributed by atoms with Crippen LogP contribution in [0, 0.1) is 0 Å².